The first-order valence-corrected chi connectivity index (χ1v) is 9.78. The van der Waals surface area contributed by atoms with Crippen LogP contribution in [0.15, 0.2) is 29.3 Å². The van der Waals surface area contributed by atoms with Crippen molar-refractivity contribution >= 4 is 5.96 Å². The van der Waals surface area contributed by atoms with Crippen LogP contribution in [-0.2, 0) is 22.6 Å². The van der Waals surface area contributed by atoms with Gasteiger partial charge in [0.15, 0.2) is 5.96 Å². The summed E-state index contributed by atoms with van der Waals surface area (Å²) in [5, 5.41) is 6.82. The van der Waals surface area contributed by atoms with Crippen LogP contribution < -0.4 is 10.6 Å². The number of methoxy groups -OCH3 is 1. The zero-order valence-electron chi connectivity index (χ0n) is 17.5. The standard InChI is InChI=1S/C21H36N4O2/c1-21(2,3)19(26-5)15-24-20(22-4)23-14-17-8-6-7-9-18(17)16-25-10-12-27-13-11-25/h6-9,19H,10-16H2,1-5H3,(H2,22,23,24). The average Bonchev–Trinajstić information content (AvgIpc) is 2.65. The molecule has 1 fully saturated rings. The number of ether oxygens (including phenoxy) is 2. The van der Waals surface area contributed by atoms with Crippen molar-refractivity contribution in [2.45, 2.75) is 40.0 Å². The first kappa shape index (κ1) is 21.7. The first-order valence-electron chi connectivity index (χ1n) is 9.78. The van der Waals surface area contributed by atoms with Crippen molar-refractivity contribution in [3.8, 4) is 0 Å². The Bertz CT molecular complexity index is 592. The van der Waals surface area contributed by atoms with Gasteiger partial charge in [0.2, 0.25) is 0 Å². The van der Waals surface area contributed by atoms with Crippen LogP contribution in [0.25, 0.3) is 0 Å². The molecule has 6 nitrogen and oxygen atoms in total. The van der Waals surface area contributed by atoms with Gasteiger partial charge < -0.3 is 20.1 Å². The number of guanidine groups is 1. The summed E-state index contributed by atoms with van der Waals surface area (Å²) in [5.74, 6) is 0.794. The zero-order valence-corrected chi connectivity index (χ0v) is 17.5. The number of hydrogen-bond donors (Lipinski definition) is 2. The number of nitrogens with zero attached hydrogens (tertiary/aromatic N) is 2. The molecule has 1 aliphatic heterocycles. The van der Waals surface area contributed by atoms with Gasteiger partial charge in [-0.1, -0.05) is 45.0 Å². The largest absolute Gasteiger partial charge is 0.379 e. The Balaban J connectivity index is 1.90. The maximum absolute atomic E-state index is 5.62. The molecule has 1 saturated heterocycles. The second kappa shape index (κ2) is 10.6. The highest BCUT2D eigenvalue weighted by molar-refractivity contribution is 5.79. The first-order chi connectivity index (χ1) is 12.9. The fourth-order valence-corrected chi connectivity index (χ4v) is 3.22. The minimum Gasteiger partial charge on any atom is -0.379 e. The maximum Gasteiger partial charge on any atom is 0.191 e. The summed E-state index contributed by atoms with van der Waals surface area (Å²) >= 11 is 0. The molecule has 1 aliphatic rings. The SMILES string of the molecule is CN=C(NCc1ccccc1CN1CCOCC1)NCC(OC)C(C)(C)C. The molecular weight excluding hydrogens is 340 g/mol. The molecule has 0 spiro atoms. The van der Waals surface area contributed by atoms with E-state index in [1.807, 2.05) is 0 Å². The molecule has 0 radical (unpaired) electrons. The van der Waals surface area contributed by atoms with Crippen LogP contribution in [0.4, 0.5) is 0 Å². The molecular formula is C21H36N4O2. The molecule has 0 bridgehead atoms. The Kier molecular flexibility index (Phi) is 8.54. The third-order valence-corrected chi connectivity index (χ3v) is 4.99. The summed E-state index contributed by atoms with van der Waals surface area (Å²) in [4.78, 5) is 6.80. The van der Waals surface area contributed by atoms with Gasteiger partial charge >= 0.3 is 0 Å². The number of morpholine rings is 1. The molecule has 1 aromatic carbocycles. The number of aliphatic imine (C=N–C) groups is 1. The Hall–Kier alpha value is -1.63. The van der Waals surface area contributed by atoms with Gasteiger partial charge in [0, 0.05) is 46.9 Å². The van der Waals surface area contributed by atoms with E-state index in [1.54, 1.807) is 14.2 Å². The molecule has 2 rings (SSSR count). The zero-order chi connectivity index (χ0) is 19.7. The van der Waals surface area contributed by atoms with Crippen molar-refractivity contribution in [3.63, 3.8) is 0 Å². The van der Waals surface area contributed by atoms with E-state index in [2.05, 4.69) is 65.6 Å². The lowest BCUT2D eigenvalue weighted by atomic mass is 9.89. The number of hydrogen-bond acceptors (Lipinski definition) is 4. The summed E-state index contributed by atoms with van der Waals surface area (Å²) in [5.41, 5.74) is 2.73. The molecule has 0 aliphatic carbocycles. The lowest BCUT2D eigenvalue weighted by Crippen LogP contribution is -2.45. The molecule has 152 valence electrons. The number of nitrogens with one attached hydrogen (secondary N) is 2. The topological polar surface area (TPSA) is 58.1 Å². The maximum atomic E-state index is 5.62. The Morgan fingerprint density at radius 2 is 1.85 bits per heavy atom. The summed E-state index contributed by atoms with van der Waals surface area (Å²) in [6.45, 7) is 12.6. The highest BCUT2D eigenvalue weighted by Crippen LogP contribution is 2.21. The van der Waals surface area contributed by atoms with Crippen molar-refractivity contribution in [2.75, 3.05) is 47.0 Å². The Labute approximate surface area is 164 Å². The van der Waals surface area contributed by atoms with E-state index in [0.29, 0.717) is 0 Å². The predicted molar refractivity (Wildman–Crippen MR) is 111 cm³/mol. The van der Waals surface area contributed by atoms with Crippen molar-refractivity contribution in [1.29, 1.82) is 0 Å². The highest BCUT2D eigenvalue weighted by atomic mass is 16.5. The van der Waals surface area contributed by atoms with Crippen LogP contribution in [0.2, 0.25) is 0 Å². The lowest BCUT2D eigenvalue weighted by Gasteiger charge is -2.30. The van der Waals surface area contributed by atoms with Crippen molar-refractivity contribution in [1.82, 2.24) is 15.5 Å². The van der Waals surface area contributed by atoms with E-state index < -0.39 is 0 Å². The van der Waals surface area contributed by atoms with Gasteiger partial charge in [-0.25, -0.2) is 0 Å². The summed E-state index contributed by atoms with van der Waals surface area (Å²) in [6.07, 6.45) is 0.115. The van der Waals surface area contributed by atoms with Gasteiger partial charge in [0.1, 0.15) is 0 Å². The van der Waals surface area contributed by atoms with E-state index >= 15 is 0 Å². The van der Waals surface area contributed by atoms with Gasteiger partial charge in [-0.3, -0.25) is 9.89 Å². The van der Waals surface area contributed by atoms with Crippen molar-refractivity contribution < 1.29 is 9.47 Å². The smallest absolute Gasteiger partial charge is 0.191 e. The van der Waals surface area contributed by atoms with Crippen LogP contribution in [0, 0.1) is 5.41 Å². The van der Waals surface area contributed by atoms with Crippen molar-refractivity contribution in [3.05, 3.63) is 35.4 Å². The van der Waals surface area contributed by atoms with Crippen LogP contribution in [0.1, 0.15) is 31.9 Å². The predicted octanol–water partition coefficient (Wildman–Crippen LogP) is 2.24. The normalized spacial score (nSPS) is 17.6. The highest BCUT2D eigenvalue weighted by Gasteiger charge is 2.24. The molecule has 1 heterocycles. The molecule has 1 unspecified atom stereocenters. The molecule has 1 atom stereocenters. The lowest BCUT2D eigenvalue weighted by molar-refractivity contribution is 0.0205. The molecule has 1 aromatic rings. The van der Waals surface area contributed by atoms with E-state index in [1.165, 1.54) is 11.1 Å². The van der Waals surface area contributed by atoms with Crippen LogP contribution in [0.5, 0.6) is 0 Å². The average molecular weight is 377 g/mol. The van der Waals surface area contributed by atoms with Gasteiger partial charge in [-0.05, 0) is 16.5 Å². The quantitative estimate of drug-likeness (QED) is 0.565. The van der Waals surface area contributed by atoms with E-state index in [9.17, 15) is 0 Å². The monoisotopic (exact) mass is 376 g/mol. The number of benzene rings is 1. The molecule has 0 aromatic heterocycles. The molecule has 6 heteroatoms. The van der Waals surface area contributed by atoms with Crippen molar-refractivity contribution in [2.24, 2.45) is 10.4 Å². The number of rotatable bonds is 7. The second-order valence-electron chi connectivity index (χ2n) is 8.05. The van der Waals surface area contributed by atoms with Gasteiger partial charge in [-0.15, -0.1) is 0 Å². The third-order valence-electron chi connectivity index (χ3n) is 4.99. The third kappa shape index (κ3) is 7.13. The molecule has 0 saturated carbocycles. The van der Waals surface area contributed by atoms with E-state index in [4.69, 9.17) is 9.47 Å². The molecule has 0 amide bonds. The van der Waals surface area contributed by atoms with Crippen LogP contribution in [-0.4, -0.2) is 64.0 Å². The summed E-state index contributed by atoms with van der Waals surface area (Å²) in [6, 6.07) is 8.60. The fraction of sp³-hybridized carbons (Fsp3) is 0.667. The Morgan fingerprint density at radius 1 is 1.19 bits per heavy atom. The summed E-state index contributed by atoms with van der Waals surface area (Å²) < 4.78 is 11.1. The van der Waals surface area contributed by atoms with Gasteiger partial charge in [0.25, 0.3) is 0 Å². The minimum atomic E-state index is 0.0748. The van der Waals surface area contributed by atoms with Crippen LogP contribution >= 0.6 is 0 Å². The van der Waals surface area contributed by atoms with Gasteiger partial charge in [-0.2, -0.15) is 0 Å². The fourth-order valence-electron chi connectivity index (χ4n) is 3.22. The molecule has 2 N–H and O–H groups in total. The summed E-state index contributed by atoms with van der Waals surface area (Å²) in [7, 11) is 3.56. The van der Waals surface area contributed by atoms with E-state index in [-0.39, 0.29) is 11.5 Å². The molecule has 27 heavy (non-hydrogen) atoms. The van der Waals surface area contributed by atoms with Gasteiger partial charge in [0.05, 0.1) is 19.3 Å². The minimum absolute atomic E-state index is 0.0748. The van der Waals surface area contributed by atoms with E-state index in [0.717, 1.165) is 51.9 Å². The van der Waals surface area contributed by atoms with Crippen LogP contribution in [0.3, 0.4) is 0 Å². The second-order valence-corrected chi connectivity index (χ2v) is 8.05. The Morgan fingerprint density at radius 3 is 2.44 bits per heavy atom.